The number of rotatable bonds is 6. The van der Waals surface area contributed by atoms with E-state index < -0.39 is 6.10 Å². The maximum absolute atomic E-state index is 9.72. The van der Waals surface area contributed by atoms with E-state index in [4.69, 9.17) is 4.74 Å². The fourth-order valence-electron chi connectivity index (χ4n) is 1.15. The predicted octanol–water partition coefficient (Wildman–Crippen LogP) is 2.07. The molecule has 0 aliphatic carbocycles. The zero-order valence-electron chi connectivity index (χ0n) is 9.02. The van der Waals surface area contributed by atoms with Gasteiger partial charge in [-0.1, -0.05) is 41.3 Å². The van der Waals surface area contributed by atoms with Crippen molar-refractivity contribution >= 4 is 23.1 Å². The zero-order valence-corrected chi connectivity index (χ0v) is 10.7. The van der Waals surface area contributed by atoms with E-state index in [-0.39, 0.29) is 6.61 Å². The molecule has 1 N–H and O–H groups in total. The van der Waals surface area contributed by atoms with Gasteiger partial charge < -0.3 is 9.84 Å². The summed E-state index contributed by atoms with van der Waals surface area (Å²) in [4.78, 5) is 0. The average Bonchev–Trinajstić information content (AvgIpc) is 2.88. The SMILES string of the molecule is O[C@H](COc1ccccc1)CSc1nncs1. The molecule has 0 bridgehead atoms. The van der Waals surface area contributed by atoms with Crippen molar-refractivity contribution in [1.29, 1.82) is 0 Å². The van der Waals surface area contributed by atoms with E-state index in [2.05, 4.69) is 10.2 Å². The van der Waals surface area contributed by atoms with Gasteiger partial charge in [0, 0.05) is 5.75 Å². The third-order valence-electron chi connectivity index (χ3n) is 1.92. The molecule has 0 saturated heterocycles. The Labute approximate surface area is 108 Å². The molecule has 0 unspecified atom stereocenters. The topological polar surface area (TPSA) is 55.2 Å². The van der Waals surface area contributed by atoms with Gasteiger partial charge in [-0.15, -0.1) is 10.2 Å². The van der Waals surface area contributed by atoms with Gasteiger partial charge in [0.2, 0.25) is 0 Å². The highest BCUT2D eigenvalue weighted by Crippen LogP contribution is 2.20. The first-order valence-electron chi connectivity index (χ1n) is 5.09. The Balaban J connectivity index is 1.69. The highest BCUT2D eigenvalue weighted by molar-refractivity contribution is 8.01. The molecule has 0 spiro atoms. The molecular weight excluding hydrogens is 256 g/mol. The second-order valence-electron chi connectivity index (χ2n) is 3.29. The standard InChI is InChI=1S/C11H12N2O2S2/c14-9(7-16-11-13-12-8-17-11)6-15-10-4-2-1-3-5-10/h1-5,8-9,14H,6-7H2/t9-/m1/s1. The van der Waals surface area contributed by atoms with Crippen molar-refractivity contribution in [2.24, 2.45) is 0 Å². The summed E-state index contributed by atoms with van der Waals surface area (Å²) < 4.78 is 6.31. The van der Waals surface area contributed by atoms with Crippen LogP contribution < -0.4 is 4.74 Å². The highest BCUT2D eigenvalue weighted by Gasteiger charge is 2.07. The van der Waals surface area contributed by atoms with Crippen LogP contribution in [-0.4, -0.2) is 33.8 Å². The Kier molecular flexibility index (Phi) is 4.78. The second kappa shape index (κ2) is 6.58. The number of ether oxygens (including phenoxy) is 1. The Morgan fingerprint density at radius 1 is 1.35 bits per heavy atom. The van der Waals surface area contributed by atoms with Crippen molar-refractivity contribution < 1.29 is 9.84 Å². The lowest BCUT2D eigenvalue weighted by Crippen LogP contribution is -2.19. The lowest BCUT2D eigenvalue weighted by Gasteiger charge is -2.10. The molecule has 90 valence electrons. The third kappa shape index (κ3) is 4.33. The number of nitrogens with zero attached hydrogens (tertiary/aromatic N) is 2. The molecule has 2 rings (SSSR count). The summed E-state index contributed by atoms with van der Waals surface area (Å²) >= 11 is 2.95. The van der Waals surface area contributed by atoms with Crippen LogP contribution in [0.4, 0.5) is 0 Å². The predicted molar refractivity (Wildman–Crippen MR) is 68.6 cm³/mol. The second-order valence-corrected chi connectivity index (χ2v) is 5.39. The van der Waals surface area contributed by atoms with Crippen LogP contribution in [0, 0.1) is 0 Å². The molecule has 0 amide bonds. The first-order valence-corrected chi connectivity index (χ1v) is 6.96. The number of aliphatic hydroxyl groups excluding tert-OH is 1. The zero-order chi connectivity index (χ0) is 11.9. The summed E-state index contributed by atoms with van der Waals surface area (Å²) in [6.07, 6.45) is -0.510. The number of aliphatic hydroxyl groups is 1. The van der Waals surface area contributed by atoms with Gasteiger partial charge >= 0.3 is 0 Å². The third-order valence-corrected chi connectivity index (χ3v) is 3.93. The van der Waals surface area contributed by atoms with Crippen LogP contribution in [-0.2, 0) is 0 Å². The van der Waals surface area contributed by atoms with E-state index >= 15 is 0 Å². The van der Waals surface area contributed by atoms with E-state index in [9.17, 15) is 5.11 Å². The van der Waals surface area contributed by atoms with Crippen molar-refractivity contribution in [3.63, 3.8) is 0 Å². The summed E-state index contributed by atoms with van der Waals surface area (Å²) in [5, 5.41) is 17.3. The number of benzene rings is 1. The van der Waals surface area contributed by atoms with Crippen LogP contribution in [0.25, 0.3) is 0 Å². The average molecular weight is 268 g/mol. The molecule has 0 fully saturated rings. The lowest BCUT2D eigenvalue weighted by atomic mass is 10.3. The molecule has 0 saturated carbocycles. The van der Waals surface area contributed by atoms with Gasteiger partial charge in [0.15, 0.2) is 4.34 Å². The molecule has 2 aromatic rings. The van der Waals surface area contributed by atoms with E-state index in [1.54, 1.807) is 5.51 Å². The Hall–Kier alpha value is -1.11. The molecule has 17 heavy (non-hydrogen) atoms. The van der Waals surface area contributed by atoms with Gasteiger partial charge in [-0.25, -0.2) is 0 Å². The largest absolute Gasteiger partial charge is 0.491 e. The molecule has 1 aromatic heterocycles. The Morgan fingerprint density at radius 2 is 2.18 bits per heavy atom. The number of thioether (sulfide) groups is 1. The fourth-order valence-corrected chi connectivity index (χ4v) is 2.57. The smallest absolute Gasteiger partial charge is 0.174 e. The summed E-state index contributed by atoms with van der Waals surface area (Å²) in [6, 6.07) is 9.46. The molecule has 0 aliphatic heterocycles. The van der Waals surface area contributed by atoms with Crippen molar-refractivity contribution in [3.05, 3.63) is 35.8 Å². The molecule has 4 nitrogen and oxygen atoms in total. The van der Waals surface area contributed by atoms with E-state index in [0.29, 0.717) is 5.75 Å². The van der Waals surface area contributed by atoms with Crippen LogP contribution in [0.1, 0.15) is 0 Å². The van der Waals surface area contributed by atoms with Gasteiger partial charge in [-0.05, 0) is 12.1 Å². The van der Waals surface area contributed by atoms with Crippen molar-refractivity contribution in [2.45, 2.75) is 10.4 Å². The maximum Gasteiger partial charge on any atom is 0.174 e. The molecule has 0 radical (unpaired) electrons. The van der Waals surface area contributed by atoms with Crippen LogP contribution in [0.2, 0.25) is 0 Å². The molecular formula is C11H12N2O2S2. The Bertz CT molecular complexity index is 422. The van der Waals surface area contributed by atoms with Gasteiger partial charge in [0.1, 0.15) is 17.9 Å². The molecule has 1 atom stereocenters. The van der Waals surface area contributed by atoms with Gasteiger partial charge in [0.05, 0.1) is 6.10 Å². The van der Waals surface area contributed by atoms with Gasteiger partial charge in [-0.2, -0.15) is 0 Å². The monoisotopic (exact) mass is 268 g/mol. The van der Waals surface area contributed by atoms with Crippen LogP contribution in [0.3, 0.4) is 0 Å². The summed E-state index contributed by atoms with van der Waals surface area (Å²) in [5.74, 6) is 1.33. The minimum absolute atomic E-state index is 0.288. The van der Waals surface area contributed by atoms with Crippen molar-refractivity contribution in [2.75, 3.05) is 12.4 Å². The van der Waals surface area contributed by atoms with Crippen LogP contribution >= 0.6 is 23.1 Å². The van der Waals surface area contributed by atoms with Gasteiger partial charge in [-0.3, -0.25) is 0 Å². The summed E-state index contributed by atoms with van der Waals surface area (Å²) in [6.45, 7) is 0.288. The number of hydrogen-bond donors (Lipinski definition) is 1. The normalized spacial score (nSPS) is 12.3. The maximum atomic E-state index is 9.72. The van der Waals surface area contributed by atoms with Crippen molar-refractivity contribution in [1.82, 2.24) is 10.2 Å². The van der Waals surface area contributed by atoms with Crippen LogP contribution in [0.15, 0.2) is 40.2 Å². The summed E-state index contributed by atoms with van der Waals surface area (Å²) in [7, 11) is 0. The fraction of sp³-hybridized carbons (Fsp3) is 0.273. The molecule has 1 heterocycles. The molecule has 6 heteroatoms. The Morgan fingerprint density at radius 3 is 2.88 bits per heavy atom. The number of hydrogen-bond acceptors (Lipinski definition) is 6. The highest BCUT2D eigenvalue weighted by atomic mass is 32.2. The minimum Gasteiger partial charge on any atom is -0.491 e. The molecule has 0 aliphatic rings. The number of aromatic nitrogens is 2. The van der Waals surface area contributed by atoms with Crippen LogP contribution in [0.5, 0.6) is 5.75 Å². The first kappa shape index (κ1) is 12.3. The first-order chi connectivity index (χ1) is 8.34. The summed E-state index contributed by atoms with van der Waals surface area (Å²) in [5.41, 5.74) is 1.68. The number of para-hydroxylation sites is 1. The van der Waals surface area contributed by atoms with E-state index in [0.717, 1.165) is 10.1 Å². The minimum atomic E-state index is -0.510. The lowest BCUT2D eigenvalue weighted by molar-refractivity contribution is 0.126. The van der Waals surface area contributed by atoms with Crippen molar-refractivity contribution in [3.8, 4) is 5.75 Å². The quantitative estimate of drug-likeness (QED) is 0.813. The van der Waals surface area contributed by atoms with Gasteiger partial charge in [0.25, 0.3) is 0 Å². The van der Waals surface area contributed by atoms with E-state index in [1.165, 1.54) is 23.1 Å². The van der Waals surface area contributed by atoms with E-state index in [1.807, 2.05) is 30.3 Å². The molecule has 1 aromatic carbocycles.